The van der Waals surface area contributed by atoms with E-state index in [1.165, 1.54) is 16.0 Å². The summed E-state index contributed by atoms with van der Waals surface area (Å²) in [5, 5.41) is 2.67. The van der Waals surface area contributed by atoms with E-state index < -0.39 is 0 Å². The van der Waals surface area contributed by atoms with Crippen molar-refractivity contribution in [1.29, 1.82) is 0 Å². The van der Waals surface area contributed by atoms with E-state index in [1.54, 1.807) is 0 Å². The minimum Gasteiger partial charge on any atom is -0.336 e. The zero-order chi connectivity index (χ0) is 16.2. The number of aryl methyl sites for hydroxylation is 1. The van der Waals surface area contributed by atoms with Crippen LogP contribution in [-0.2, 0) is 11.3 Å². The molecule has 23 heavy (non-hydrogen) atoms. The second kappa shape index (κ2) is 7.10. The Hall–Kier alpha value is -1.92. The predicted molar refractivity (Wildman–Crippen MR) is 88.0 cm³/mol. The number of nitrogens with one attached hydrogen (secondary N) is 1. The third kappa shape index (κ3) is 3.89. The van der Waals surface area contributed by atoms with Crippen molar-refractivity contribution >= 4 is 11.9 Å². The molecule has 6 heteroatoms. The number of carbonyl (C=O) groups is 2. The van der Waals surface area contributed by atoms with Gasteiger partial charge in [-0.05, 0) is 18.1 Å². The number of imide groups is 1. The van der Waals surface area contributed by atoms with Crippen molar-refractivity contribution in [3.05, 3.63) is 35.4 Å². The molecule has 124 valence electrons. The standard InChI is InChI=1S/C17H24N4O2/c1-14-4-2-3-5-15(14)12-19-8-10-20(11-9-19)13-16(22)21-7-6-18-17(21)23/h2-5H,6-13H2,1H3,(H,18,23). The van der Waals surface area contributed by atoms with Gasteiger partial charge in [0.05, 0.1) is 6.54 Å². The van der Waals surface area contributed by atoms with E-state index in [9.17, 15) is 9.59 Å². The molecule has 0 aliphatic carbocycles. The molecule has 0 saturated carbocycles. The minimum absolute atomic E-state index is 0.0904. The van der Waals surface area contributed by atoms with Crippen molar-refractivity contribution in [3.63, 3.8) is 0 Å². The van der Waals surface area contributed by atoms with Gasteiger partial charge < -0.3 is 5.32 Å². The molecule has 2 aliphatic heterocycles. The van der Waals surface area contributed by atoms with Crippen LogP contribution in [-0.4, -0.2) is 72.5 Å². The van der Waals surface area contributed by atoms with Gasteiger partial charge in [0.25, 0.3) is 0 Å². The molecule has 0 spiro atoms. The van der Waals surface area contributed by atoms with E-state index in [0.29, 0.717) is 19.6 Å². The zero-order valence-electron chi connectivity index (χ0n) is 13.6. The number of amides is 3. The number of carbonyl (C=O) groups excluding carboxylic acids is 2. The molecule has 3 amide bonds. The Morgan fingerprint density at radius 3 is 2.43 bits per heavy atom. The lowest BCUT2D eigenvalue weighted by Gasteiger charge is -2.35. The molecular formula is C17H24N4O2. The number of piperazine rings is 1. The Labute approximate surface area is 137 Å². The van der Waals surface area contributed by atoms with Crippen molar-refractivity contribution in [2.45, 2.75) is 13.5 Å². The molecule has 0 unspecified atom stereocenters. The number of urea groups is 1. The summed E-state index contributed by atoms with van der Waals surface area (Å²) < 4.78 is 0. The highest BCUT2D eigenvalue weighted by Crippen LogP contribution is 2.12. The Balaban J connectivity index is 1.46. The first-order valence-corrected chi connectivity index (χ1v) is 8.21. The topological polar surface area (TPSA) is 55.9 Å². The molecule has 1 aromatic rings. The molecule has 0 atom stereocenters. The molecule has 2 aliphatic rings. The van der Waals surface area contributed by atoms with Crippen LogP contribution in [0.25, 0.3) is 0 Å². The first-order valence-electron chi connectivity index (χ1n) is 8.21. The summed E-state index contributed by atoms with van der Waals surface area (Å²) in [6.45, 7) is 8.14. The van der Waals surface area contributed by atoms with Crippen LogP contribution >= 0.6 is 0 Å². The van der Waals surface area contributed by atoms with E-state index in [-0.39, 0.29) is 11.9 Å². The third-order valence-corrected chi connectivity index (χ3v) is 4.64. The van der Waals surface area contributed by atoms with Crippen LogP contribution in [0.1, 0.15) is 11.1 Å². The van der Waals surface area contributed by atoms with E-state index >= 15 is 0 Å². The molecule has 0 aromatic heterocycles. The molecule has 2 fully saturated rings. The molecule has 2 heterocycles. The summed E-state index contributed by atoms with van der Waals surface area (Å²) in [6, 6.07) is 8.21. The van der Waals surface area contributed by atoms with Gasteiger partial charge >= 0.3 is 6.03 Å². The Morgan fingerprint density at radius 2 is 1.78 bits per heavy atom. The Kier molecular flexibility index (Phi) is 4.93. The van der Waals surface area contributed by atoms with Crippen molar-refractivity contribution in [2.24, 2.45) is 0 Å². The lowest BCUT2D eigenvalue weighted by atomic mass is 10.1. The van der Waals surface area contributed by atoms with Gasteiger partial charge in [0.15, 0.2) is 0 Å². The minimum atomic E-state index is -0.256. The van der Waals surface area contributed by atoms with E-state index in [0.717, 1.165) is 32.7 Å². The van der Waals surface area contributed by atoms with Gasteiger partial charge in [-0.25, -0.2) is 4.79 Å². The fourth-order valence-corrected chi connectivity index (χ4v) is 3.12. The number of hydrogen-bond acceptors (Lipinski definition) is 4. The average molecular weight is 316 g/mol. The van der Waals surface area contributed by atoms with Crippen molar-refractivity contribution in [1.82, 2.24) is 20.0 Å². The maximum Gasteiger partial charge on any atom is 0.324 e. The van der Waals surface area contributed by atoms with Crippen LogP contribution in [0.2, 0.25) is 0 Å². The van der Waals surface area contributed by atoms with E-state index in [2.05, 4.69) is 46.3 Å². The monoisotopic (exact) mass is 316 g/mol. The van der Waals surface area contributed by atoms with Crippen LogP contribution in [0.15, 0.2) is 24.3 Å². The molecule has 6 nitrogen and oxygen atoms in total. The summed E-state index contributed by atoms with van der Waals surface area (Å²) in [5.41, 5.74) is 2.69. The normalized spacial score (nSPS) is 19.9. The molecule has 1 N–H and O–H groups in total. The number of benzene rings is 1. The summed E-state index contributed by atoms with van der Waals surface area (Å²) in [6.07, 6.45) is 0. The maximum absolute atomic E-state index is 12.2. The second-order valence-corrected chi connectivity index (χ2v) is 6.26. The van der Waals surface area contributed by atoms with Gasteiger partial charge in [-0.2, -0.15) is 0 Å². The van der Waals surface area contributed by atoms with Gasteiger partial charge in [0, 0.05) is 45.8 Å². The Bertz CT molecular complexity index is 582. The molecule has 2 saturated heterocycles. The van der Waals surface area contributed by atoms with Crippen LogP contribution in [0, 0.1) is 6.92 Å². The average Bonchev–Trinajstić information content (AvgIpc) is 2.98. The van der Waals surface area contributed by atoms with Crippen LogP contribution in [0.5, 0.6) is 0 Å². The van der Waals surface area contributed by atoms with Gasteiger partial charge in [-0.3, -0.25) is 19.5 Å². The highest BCUT2D eigenvalue weighted by atomic mass is 16.2. The molecule has 0 bridgehead atoms. The molecule has 0 radical (unpaired) electrons. The van der Waals surface area contributed by atoms with Gasteiger partial charge in [-0.1, -0.05) is 24.3 Å². The van der Waals surface area contributed by atoms with Crippen molar-refractivity contribution in [3.8, 4) is 0 Å². The van der Waals surface area contributed by atoms with Gasteiger partial charge in [0.2, 0.25) is 5.91 Å². The summed E-state index contributed by atoms with van der Waals surface area (Å²) in [5.74, 6) is -0.0904. The zero-order valence-corrected chi connectivity index (χ0v) is 13.6. The SMILES string of the molecule is Cc1ccccc1CN1CCN(CC(=O)N2CCNC2=O)CC1. The highest BCUT2D eigenvalue weighted by molar-refractivity contribution is 5.96. The number of nitrogens with zero attached hydrogens (tertiary/aromatic N) is 3. The third-order valence-electron chi connectivity index (χ3n) is 4.64. The van der Waals surface area contributed by atoms with Crippen molar-refractivity contribution < 1.29 is 9.59 Å². The van der Waals surface area contributed by atoms with Crippen LogP contribution in [0.4, 0.5) is 4.79 Å². The van der Waals surface area contributed by atoms with E-state index in [4.69, 9.17) is 0 Å². The maximum atomic E-state index is 12.2. The second-order valence-electron chi connectivity index (χ2n) is 6.26. The molecular weight excluding hydrogens is 292 g/mol. The first-order chi connectivity index (χ1) is 11.1. The fraction of sp³-hybridized carbons (Fsp3) is 0.529. The summed E-state index contributed by atoms with van der Waals surface area (Å²) in [7, 11) is 0. The van der Waals surface area contributed by atoms with Crippen LogP contribution < -0.4 is 5.32 Å². The number of rotatable bonds is 4. The van der Waals surface area contributed by atoms with E-state index in [1.807, 2.05) is 0 Å². The largest absolute Gasteiger partial charge is 0.336 e. The summed E-state index contributed by atoms with van der Waals surface area (Å²) in [4.78, 5) is 29.5. The fourth-order valence-electron chi connectivity index (χ4n) is 3.12. The lowest BCUT2D eigenvalue weighted by molar-refractivity contribution is -0.129. The smallest absolute Gasteiger partial charge is 0.324 e. The van der Waals surface area contributed by atoms with Crippen molar-refractivity contribution in [2.75, 3.05) is 45.8 Å². The van der Waals surface area contributed by atoms with Crippen LogP contribution in [0.3, 0.4) is 0 Å². The quantitative estimate of drug-likeness (QED) is 0.887. The highest BCUT2D eigenvalue weighted by Gasteiger charge is 2.28. The number of hydrogen-bond donors (Lipinski definition) is 1. The molecule has 3 rings (SSSR count). The van der Waals surface area contributed by atoms with Gasteiger partial charge in [-0.15, -0.1) is 0 Å². The Morgan fingerprint density at radius 1 is 1.09 bits per heavy atom. The summed E-state index contributed by atoms with van der Waals surface area (Å²) >= 11 is 0. The predicted octanol–water partition coefficient (Wildman–Crippen LogP) is 0.664. The first kappa shape index (κ1) is 16.0. The molecule has 1 aromatic carbocycles. The van der Waals surface area contributed by atoms with Gasteiger partial charge in [0.1, 0.15) is 0 Å². The lowest BCUT2D eigenvalue weighted by Crippen LogP contribution is -2.50.